The Morgan fingerprint density at radius 2 is 1.95 bits per heavy atom. The second-order valence-corrected chi connectivity index (χ2v) is 6.12. The van der Waals surface area contributed by atoms with Crippen LogP contribution in [0.15, 0.2) is 18.2 Å². The van der Waals surface area contributed by atoms with E-state index in [1.165, 1.54) is 7.05 Å². The number of carbonyl (C=O) groups excluding carboxylic acids is 1. The summed E-state index contributed by atoms with van der Waals surface area (Å²) in [6, 6.07) is 2.36. The van der Waals surface area contributed by atoms with Crippen molar-refractivity contribution in [3.05, 3.63) is 29.3 Å². The van der Waals surface area contributed by atoms with Gasteiger partial charge in [0.25, 0.3) is 5.91 Å². The van der Waals surface area contributed by atoms with Crippen LogP contribution in [0.25, 0.3) is 0 Å². The predicted octanol–water partition coefficient (Wildman–Crippen LogP) is 0.567. The monoisotopic (exact) mass is 325 g/mol. The van der Waals surface area contributed by atoms with Crippen molar-refractivity contribution in [3.63, 3.8) is 0 Å². The number of nitrogen functional groups attached to an aromatic ring is 1. The predicted molar refractivity (Wildman–Crippen MR) is 71.0 cm³/mol. The van der Waals surface area contributed by atoms with Gasteiger partial charge >= 0.3 is 6.18 Å². The number of nitrogens with two attached hydrogens (primary N) is 1. The third-order valence-electron chi connectivity index (χ3n) is 2.59. The largest absolute Gasteiger partial charge is 0.416 e. The van der Waals surface area contributed by atoms with Crippen molar-refractivity contribution >= 4 is 21.6 Å². The Hall–Kier alpha value is -1.81. The maximum absolute atomic E-state index is 12.6. The molecule has 0 aliphatic rings. The lowest BCUT2D eigenvalue weighted by Crippen LogP contribution is -2.33. The van der Waals surface area contributed by atoms with Gasteiger partial charge in [-0.1, -0.05) is 0 Å². The first-order valence-corrected chi connectivity index (χ1v) is 7.38. The van der Waals surface area contributed by atoms with Gasteiger partial charge in [-0.2, -0.15) is 13.2 Å². The van der Waals surface area contributed by atoms with E-state index in [1.54, 1.807) is 0 Å². The third kappa shape index (κ3) is 4.90. The van der Waals surface area contributed by atoms with E-state index in [0.29, 0.717) is 6.07 Å². The molecule has 0 heterocycles. The summed E-state index contributed by atoms with van der Waals surface area (Å²) in [4.78, 5) is 11.7. The molecule has 4 N–H and O–H groups in total. The summed E-state index contributed by atoms with van der Waals surface area (Å²) < 4.78 is 62.0. The minimum Gasteiger partial charge on any atom is -0.398 e. The molecule has 0 fully saturated rings. The summed E-state index contributed by atoms with van der Waals surface area (Å²) in [6.07, 6.45) is -4.60. The highest BCUT2D eigenvalue weighted by Gasteiger charge is 2.31. The van der Waals surface area contributed by atoms with Crippen molar-refractivity contribution < 1.29 is 26.4 Å². The molecule has 0 radical (unpaired) electrons. The number of benzene rings is 1. The average Bonchev–Trinajstić information content (AvgIpc) is 2.37. The van der Waals surface area contributed by atoms with Crippen LogP contribution in [0.3, 0.4) is 0 Å². The molecule has 0 aliphatic carbocycles. The molecule has 0 unspecified atom stereocenters. The minimum absolute atomic E-state index is 0.128. The first-order chi connectivity index (χ1) is 9.57. The molecule has 10 heteroatoms. The van der Waals surface area contributed by atoms with Crippen molar-refractivity contribution in [3.8, 4) is 0 Å². The summed E-state index contributed by atoms with van der Waals surface area (Å²) in [5.41, 5.74) is 3.97. The topological polar surface area (TPSA) is 101 Å². The molecule has 1 aromatic carbocycles. The Balaban J connectivity index is 2.83. The van der Waals surface area contributed by atoms with Gasteiger partial charge in [0, 0.05) is 12.2 Å². The van der Waals surface area contributed by atoms with Gasteiger partial charge in [-0.25, -0.2) is 13.1 Å². The number of alkyl halides is 3. The highest BCUT2D eigenvalue weighted by molar-refractivity contribution is 7.89. The van der Waals surface area contributed by atoms with E-state index in [1.807, 2.05) is 4.72 Å². The van der Waals surface area contributed by atoms with Crippen molar-refractivity contribution in [2.75, 3.05) is 25.1 Å². The number of amides is 1. The van der Waals surface area contributed by atoms with Gasteiger partial charge in [-0.15, -0.1) is 0 Å². The molecule has 0 aliphatic heterocycles. The lowest BCUT2D eigenvalue weighted by Gasteiger charge is -2.11. The zero-order valence-electron chi connectivity index (χ0n) is 11.0. The van der Waals surface area contributed by atoms with Crippen molar-refractivity contribution in [1.82, 2.24) is 10.0 Å². The van der Waals surface area contributed by atoms with Crippen LogP contribution in [-0.4, -0.2) is 33.7 Å². The van der Waals surface area contributed by atoms with Crippen molar-refractivity contribution in [2.45, 2.75) is 6.18 Å². The molecule has 0 saturated carbocycles. The first kappa shape index (κ1) is 17.2. The molecule has 0 spiro atoms. The van der Waals surface area contributed by atoms with Gasteiger partial charge in [0.05, 0.1) is 16.9 Å². The minimum atomic E-state index is -4.60. The Kier molecular flexibility index (Phi) is 5.18. The number of rotatable bonds is 5. The third-order valence-corrected chi connectivity index (χ3v) is 3.96. The SMILES string of the molecule is CNS(=O)(=O)CCNC(=O)c1cc(C(F)(F)F)ccc1N. The molecule has 1 amide bonds. The molecule has 0 saturated heterocycles. The summed E-state index contributed by atoms with van der Waals surface area (Å²) in [6.45, 7) is -0.252. The fourth-order valence-electron chi connectivity index (χ4n) is 1.43. The molecule has 6 nitrogen and oxygen atoms in total. The van der Waals surface area contributed by atoms with Crippen molar-refractivity contribution in [1.29, 1.82) is 0 Å². The fourth-order valence-corrected chi connectivity index (χ4v) is 2.00. The molecule has 1 aromatic rings. The van der Waals surface area contributed by atoms with Crippen LogP contribution in [0.1, 0.15) is 15.9 Å². The van der Waals surface area contributed by atoms with Crippen molar-refractivity contribution in [2.24, 2.45) is 0 Å². The summed E-state index contributed by atoms with van der Waals surface area (Å²) >= 11 is 0. The van der Waals surface area contributed by atoms with Gasteiger partial charge in [-0.3, -0.25) is 4.79 Å². The number of hydrogen-bond donors (Lipinski definition) is 3. The Labute approximate surface area is 119 Å². The van der Waals surface area contributed by atoms with Crippen LogP contribution < -0.4 is 15.8 Å². The molecular weight excluding hydrogens is 311 g/mol. The molecule has 0 bridgehead atoms. The normalized spacial score (nSPS) is 12.2. The van der Waals surface area contributed by atoms with E-state index >= 15 is 0 Å². The van der Waals surface area contributed by atoms with Crippen LogP contribution >= 0.6 is 0 Å². The molecule has 21 heavy (non-hydrogen) atoms. The van der Waals surface area contributed by atoms with E-state index in [-0.39, 0.29) is 17.8 Å². The number of sulfonamides is 1. The molecule has 0 aromatic heterocycles. The smallest absolute Gasteiger partial charge is 0.398 e. The second kappa shape index (κ2) is 6.31. The lowest BCUT2D eigenvalue weighted by molar-refractivity contribution is -0.137. The van der Waals surface area contributed by atoms with E-state index in [2.05, 4.69) is 5.32 Å². The number of halogens is 3. The molecule has 118 valence electrons. The number of anilines is 1. The second-order valence-electron chi connectivity index (χ2n) is 4.08. The lowest BCUT2D eigenvalue weighted by atomic mass is 10.1. The van der Waals surface area contributed by atoms with Gasteiger partial charge in [0.2, 0.25) is 10.0 Å². The van der Waals surface area contributed by atoms with Crippen LogP contribution in [0, 0.1) is 0 Å². The zero-order valence-corrected chi connectivity index (χ0v) is 11.8. The maximum Gasteiger partial charge on any atom is 0.416 e. The number of nitrogens with one attached hydrogen (secondary N) is 2. The van der Waals surface area contributed by atoms with Crippen LogP contribution in [0.4, 0.5) is 18.9 Å². The van der Waals surface area contributed by atoms with E-state index in [9.17, 15) is 26.4 Å². The van der Waals surface area contributed by atoms with Crippen LogP contribution in [0.5, 0.6) is 0 Å². The Morgan fingerprint density at radius 3 is 2.48 bits per heavy atom. The average molecular weight is 325 g/mol. The fraction of sp³-hybridized carbons (Fsp3) is 0.364. The van der Waals surface area contributed by atoms with E-state index in [4.69, 9.17) is 5.73 Å². The quantitative estimate of drug-likeness (QED) is 0.689. The Bertz CT molecular complexity index is 629. The zero-order chi connectivity index (χ0) is 16.3. The maximum atomic E-state index is 12.6. The van der Waals surface area contributed by atoms with Gasteiger partial charge < -0.3 is 11.1 Å². The van der Waals surface area contributed by atoms with Crippen LogP contribution in [0.2, 0.25) is 0 Å². The Morgan fingerprint density at radius 1 is 1.33 bits per heavy atom. The number of hydrogen-bond acceptors (Lipinski definition) is 4. The molecular formula is C11H14F3N3O3S. The van der Waals surface area contributed by atoms with E-state index < -0.39 is 33.4 Å². The van der Waals surface area contributed by atoms with Gasteiger partial charge in [-0.05, 0) is 25.2 Å². The highest BCUT2D eigenvalue weighted by atomic mass is 32.2. The summed E-state index contributed by atoms with van der Waals surface area (Å²) in [5.74, 6) is -1.27. The number of carbonyl (C=O) groups is 1. The molecule has 0 atom stereocenters. The summed E-state index contributed by atoms with van der Waals surface area (Å²) in [7, 11) is -2.30. The van der Waals surface area contributed by atoms with Crippen LogP contribution in [-0.2, 0) is 16.2 Å². The standard InChI is InChI=1S/C11H14F3N3O3S/c1-16-21(19,20)5-4-17-10(18)8-6-7(11(12,13)14)2-3-9(8)15/h2-3,6,16H,4-5,15H2,1H3,(H,17,18). The highest BCUT2D eigenvalue weighted by Crippen LogP contribution is 2.31. The van der Waals surface area contributed by atoms with Gasteiger partial charge in [0.15, 0.2) is 0 Å². The van der Waals surface area contributed by atoms with Gasteiger partial charge in [0.1, 0.15) is 0 Å². The van der Waals surface area contributed by atoms with E-state index in [0.717, 1.165) is 12.1 Å². The summed E-state index contributed by atoms with van der Waals surface area (Å²) in [5, 5.41) is 2.20. The molecule has 1 rings (SSSR count). The first-order valence-electron chi connectivity index (χ1n) is 5.73.